The van der Waals surface area contributed by atoms with Gasteiger partial charge in [-0.25, -0.2) is 24.9 Å². The van der Waals surface area contributed by atoms with Gasteiger partial charge in [0.25, 0.3) is 0 Å². The summed E-state index contributed by atoms with van der Waals surface area (Å²) in [5.41, 5.74) is 11.5. The summed E-state index contributed by atoms with van der Waals surface area (Å²) in [5, 5.41) is 0. The van der Waals surface area contributed by atoms with Gasteiger partial charge in [-0.3, -0.25) is 4.57 Å². The van der Waals surface area contributed by atoms with Crippen LogP contribution in [0.15, 0.2) is 183 Å². The zero-order valence-electron chi connectivity index (χ0n) is 27.5. The van der Waals surface area contributed by atoms with E-state index in [1.54, 1.807) is 24.8 Å². The Morgan fingerprint density at radius 2 is 0.725 bits per heavy atom. The van der Waals surface area contributed by atoms with E-state index in [9.17, 15) is 0 Å². The molecule has 3 aromatic heterocycles. The lowest BCUT2D eigenvalue weighted by atomic mass is 9.78. The van der Waals surface area contributed by atoms with E-state index in [1.807, 2.05) is 36.4 Å². The number of aromatic nitrogens is 6. The van der Waals surface area contributed by atoms with Crippen molar-refractivity contribution in [3.8, 4) is 73.2 Å². The number of hydrogen-bond acceptors (Lipinski definition) is 5. The second kappa shape index (κ2) is 13.1. The van der Waals surface area contributed by atoms with E-state index in [0.717, 1.165) is 72.6 Å². The monoisotopic (exact) mass is 654 g/mol. The van der Waals surface area contributed by atoms with Crippen LogP contribution >= 0.6 is 0 Å². The van der Waals surface area contributed by atoms with Gasteiger partial charge in [-0.15, -0.1) is 0 Å². The molecule has 0 radical (unpaired) electrons. The highest BCUT2D eigenvalue weighted by Gasteiger charge is 2.33. The zero-order chi connectivity index (χ0) is 34.0. The number of imidazole rings is 1. The first-order valence-electron chi connectivity index (χ1n) is 16.8. The van der Waals surface area contributed by atoms with E-state index >= 15 is 0 Å². The van der Waals surface area contributed by atoms with Crippen molar-refractivity contribution in [2.24, 2.45) is 0 Å². The molecule has 0 aliphatic carbocycles. The van der Waals surface area contributed by atoms with E-state index in [1.165, 1.54) is 0 Å². The standard InChI is InChI=1S/C45H30N6/c1-5-17-31(18-6-1)37-38(32-19-7-2-8-20-32)42(45-50-35-25-13-14-26-36(35)51(45)34-23-11-4-12-24-34)39(33-21-9-3-10-22-33)41(44-48-29-16-30-49-44)40(37)43-46-27-15-28-47-43/h1-30H. The van der Waals surface area contributed by atoms with Crippen LogP contribution in [-0.4, -0.2) is 29.5 Å². The third-order valence-electron chi connectivity index (χ3n) is 9.06. The lowest BCUT2D eigenvalue weighted by Crippen LogP contribution is -2.07. The van der Waals surface area contributed by atoms with E-state index in [4.69, 9.17) is 24.9 Å². The van der Waals surface area contributed by atoms with Crippen LogP contribution in [0.3, 0.4) is 0 Å². The van der Waals surface area contributed by atoms with Crippen LogP contribution < -0.4 is 0 Å². The van der Waals surface area contributed by atoms with Gasteiger partial charge in [-0.1, -0.05) is 121 Å². The highest BCUT2D eigenvalue weighted by atomic mass is 15.1. The second-order valence-electron chi connectivity index (χ2n) is 12.1. The first-order chi connectivity index (χ1) is 25.4. The lowest BCUT2D eigenvalue weighted by Gasteiger charge is -2.27. The fourth-order valence-electron chi connectivity index (χ4n) is 6.99. The molecule has 0 fully saturated rings. The van der Waals surface area contributed by atoms with Crippen molar-refractivity contribution >= 4 is 11.0 Å². The minimum atomic E-state index is 0.569. The van der Waals surface area contributed by atoms with Gasteiger partial charge >= 0.3 is 0 Å². The van der Waals surface area contributed by atoms with Crippen LogP contribution in [0.1, 0.15) is 0 Å². The molecular formula is C45H30N6. The maximum atomic E-state index is 5.49. The summed E-state index contributed by atoms with van der Waals surface area (Å²) in [5.74, 6) is 1.95. The lowest BCUT2D eigenvalue weighted by molar-refractivity contribution is 1.10. The first-order valence-corrected chi connectivity index (χ1v) is 16.8. The number of nitrogens with zero attached hydrogens (tertiary/aromatic N) is 6. The summed E-state index contributed by atoms with van der Waals surface area (Å²) in [6.45, 7) is 0. The molecule has 0 unspecified atom stereocenters. The maximum Gasteiger partial charge on any atom is 0.160 e. The first kappa shape index (κ1) is 30.0. The molecule has 0 spiro atoms. The molecule has 6 aromatic carbocycles. The fraction of sp³-hybridized carbons (Fsp3) is 0. The summed E-state index contributed by atoms with van der Waals surface area (Å²) in [4.78, 5) is 25.2. The van der Waals surface area contributed by atoms with Crippen molar-refractivity contribution in [2.75, 3.05) is 0 Å². The summed E-state index contributed by atoms with van der Waals surface area (Å²) in [7, 11) is 0. The van der Waals surface area contributed by atoms with E-state index in [-0.39, 0.29) is 0 Å². The Bertz CT molecular complexity index is 2490. The van der Waals surface area contributed by atoms with Crippen molar-refractivity contribution in [2.45, 2.75) is 0 Å². The molecule has 240 valence electrons. The number of hydrogen-bond donors (Lipinski definition) is 0. The van der Waals surface area contributed by atoms with Crippen molar-refractivity contribution in [3.63, 3.8) is 0 Å². The van der Waals surface area contributed by atoms with Gasteiger partial charge in [-0.2, -0.15) is 0 Å². The summed E-state index contributed by atoms with van der Waals surface area (Å²) in [6.07, 6.45) is 7.16. The third-order valence-corrected chi connectivity index (χ3v) is 9.06. The normalized spacial score (nSPS) is 11.1. The Hall–Kier alpha value is -7.05. The predicted octanol–water partition coefficient (Wildman–Crippen LogP) is 10.6. The molecule has 0 bridgehead atoms. The fourth-order valence-corrected chi connectivity index (χ4v) is 6.99. The average molecular weight is 655 g/mol. The maximum absolute atomic E-state index is 5.49. The van der Waals surface area contributed by atoms with Crippen molar-refractivity contribution < 1.29 is 0 Å². The highest BCUT2D eigenvalue weighted by Crippen LogP contribution is 2.55. The smallest absolute Gasteiger partial charge is 0.160 e. The van der Waals surface area contributed by atoms with Crippen LogP contribution in [0.4, 0.5) is 0 Å². The Kier molecular flexibility index (Phi) is 7.72. The van der Waals surface area contributed by atoms with Gasteiger partial charge in [0.1, 0.15) is 5.82 Å². The topological polar surface area (TPSA) is 69.4 Å². The molecule has 9 aromatic rings. The van der Waals surface area contributed by atoms with Crippen LogP contribution in [0.25, 0.3) is 84.3 Å². The minimum Gasteiger partial charge on any atom is -0.292 e. The SMILES string of the molecule is c1ccc(-c2c(-c3ccccc3)c(-c3nc4ccccc4n3-c3ccccc3)c(-c3ccccc3)c(-c3ncccn3)c2-c2ncccn2)cc1. The molecule has 0 atom stereocenters. The molecule has 0 aliphatic heterocycles. The van der Waals surface area contributed by atoms with Crippen molar-refractivity contribution in [1.29, 1.82) is 0 Å². The number of benzene rings is 6. The molecule has 6 heteroatoms. The largest absolute Gasteiger partial charge is 0.292 e. The van der Waals surface area contributed by atoms with Crippen LogP contribution in [0.5, 0.6) is 0 Å². The van der Waals surface area contributed by atoms with Crippen LogP contribution in [0, 0.1) is 0 Å². The number of rotatable bonds is 7. The third kappa shape index (κ3) is 5.36. The van der Waals surface area contributed by atoms with Crippen molar-refractivity contribution in [1.82, 2.24) is 29.5 Å². The number of para-hydroxylation sites is 3. The Morgan fingerprint density at radius 3 is 1.22 bits per heavy atom. The molecule has 51 heavy (non-hydrogen) atoms. The van der Waals surface area contributed by atoms with E-state index < -0.39 is 0 Å². The van der Waals surface area contributed by atoms with E-state index in [0.29, 0.717) is 11.6 Å². The number of fused-ring (bicyclic) bond motifs is 1. The van der Waals surface area contributed by atoms with Gasteiger partial charge in [-0.05, 0) is 53.1 Å². The molecule has 0 N–H and O–H groups in total. The summed E-state index contributed by atoms with van der Waals surface area (Å²) in [6, 6.07) is 54.0. The molecule has 3 heterocycles. The quantitative estimate of drug-likeness (QED) is 0.171. The summed E-state index contributed by atoms with van der Waals surface area (Å²) >= 11 is 0. The Balaban J connectivity index is 1.61. The average Bonchev–Trinajstić information content (AvgIpc) is 3.61. The molecule has 9 rings (SSSR count). The zero-order valence-corrected chi connectivity index (χ0v) is 27.5. The molecule has 6 nitrogen and oxygen atoms in total. The highest BCUT2D eigenvalue weighted by molar-refractivity contribution is 6.13. The predicted molar refractivity (Wildman–Crippen MR) is 205 cm³/mol. The molecular weight excluding hydrogens is 625 g/mol. The minimum absolute atomic E-state index is 0.569. The van der Waals surface area contributed by atoms with E-state index in [2.05, 4.69) is 126 Å². The van der Waals surface area contributed by atoms with Gasteiger partial charge in [0.2, 0.25) is 0 Å². The summed E-state index contributed by atoms with van der Waals surface area (Å²) < 4.78 is 2.27. The van der Waals surface area contributed by atoms with Crippen molar-refractivity contribution in [3.05, 3.63) is 183 Å². The van der Waals surface area contributed by atoms with Gasteiger partial charge in [0, 0.05) is 63.9 Å². The molecule has 0 amide bonds. The Morgan fingerprint density at radius 1 is 0.333 bits per heavy atom. The van der Waals surface area contributed by atoms with Crippen LogP contribution in [0.2, 0.25) is 0 Å². The van der Waals surface area contributed by atoms with Gasteiger partial charge in [0.15, 0.2) is 11.6 Å². The second-order valence-corrected chi connectivity index (χ2v) is 12.1. The van der Waals surface area contributed by atoms with Gasteiger partial charge in [0.05, 0.1) is 11.0 Å². The van der Waals surface area contributed by atoms with Crippen LogP contribution in [-0.2, 0) is 0 Å². The molecule has 0 saturated carbocycles. The van der Waals surface area contributed by atoms with Gasteiger partial charge < -0.3 is 0 Å². The Labute approximate surface area is 295 Å². The molecule has 0 saturated heterocycles. The molecule has 0 aliphatic rings.